The first-order chi connectivity index (χ1) is 19.7. The van der Waals surface area contributed by atoms with Gasteiger partial charge in [-0.15, -0.1) is 5.48 Å². The fraction of sp³-hybridized carbons (Fsp3) is 0.552. The fourth-order valence-electron chi connectivity index (χ4n) is 6.51. The zero-order valence-electron chi connectivity index (χ0n) is 23.9. The van der Waals surface area contributed by atoms with Gasteiger partial charge in [0.1, 0.15) is 0 Å². The molecule has 3 atom stereocenters. The third kappa shape index (κ3) is 5.32. The Labute approximate surface area is 244 Å². The molecule has 1 aliphatic carbocycles. The molecule has 2 saturated heterocycles. The van der Waals surface area contributed by atoms with Gasteiger partial charge in [0.2, 0.25) is 11.9 Å². The molecule has 0 aromatic carbocycles. The Hall–Kier alpha value is -3.44. The van der Waals surface area contributed by atoms with Crippen LogP contribution in [0.5, 0.6) is 0 Å². The van der Waals surface area contributed by atoms with E-state index in [-0.39, 0.29) is 18.0 Å². The Morgan fingerprint density at radius 1 is 1.07 bits per heavy atom. The third-order valence-electron chi connectivity index (χ3n) is 9.03. The number of aromatic nitrogens is 4. The number of amides is 2. The second kappa shape index (κ2) is 11.1. The second-order valence-electron chi connectivity index (χ2n) is 11.8. The van der Waals surface area contributed by atoms with Crippen LogP contribution in [0, 0.1) is 11.8 Å². The van der Waals surface area contributed by atoms with Crippen LogP contribution in [0.1, 0.15) is 65.2 Å². The van der Waals surface area contributed by atoms with Gasteiger partial charge in [-0.05, 0) is 50.7 Å². The quantitative estimate of drug-likeness (QED) is 0.447. The summed E-state index contributed by atoms with van der Waals surface area (Å²) in [7, 11) is 0. The Morgan fingerprint density at radius 3 is 2.54 bits per heavy atom. The summed E-state index contributed by atoms with van der Waals surface area (Å²) in [5.41, 5.74) is 6.42. The van der Waals surface area contributed by atoms with Crippen LogP contribution in [-0.2, 0) is 16.2 Å². The van der Waals surface area contributed by atoms with Gasteiger partial charge in [-0.3, -0.25) is 15.1 Å². The second-order valence-corrected chi connectivity index (χ2v) is 12.2. The van der Waals surface area contributed by atoms with Crippen molar-refractivity contribution in [3.05, 3.63) is 35.2 Å². The van der Waals surface area contributed by atoms with Crippen LogP contribution < -0.4 is 15.7 Å². The molecule has 5 heterocycles. The lowest BCUT2D eigenvalue weighted by atomic mass is 9.83. The highest BCUT2D eigenvalue weighted by Gasteiger charge is 2.36. The number of halogens is 1. The molecule has 1 saturated carbocycles. The molecule has 3 aromatic rings. The Balaban J connectivity index is 1.52. The molecule has 3 fully saturated rings. The minimum atomic E-state index is -0.621. The lowest BCUT2D eigenvalue weighted by molar-refractivity contribution is -0.131. The zero-order chi connectivity index (χ0) is 28.8. The molecular formula is C29H37ClN8O3. The first-order valence-electron chi connectivity index (χ1n) is 14.5. The number of piperazine rings is 1. The lowest BCUT2D eigenvalue weighted by Gasteiger charge is -2.45. The molecule has 218 valence electrons. The van der Waals surface area contributed by atoms with E-state index in [1.165, 1.54) is 25.7 Å². The van der Waals surface area contributed by atoms with Crippen LogP contribution in [0.2, 0.25) is 5.02 Å². The summed E-state index contributed by atoms with van der Waals surface area (Å²) in [6.07, 6.45) is 6.94. The fourth-order valence-corrected chi connectivity index (χ4v) is 6.68. The molecule has 2 aliphatic heterocycles. The first kappa shape index (κ1) is 27.7. The SMILES string of the molecule is CC(=O)N1CCN(c2nc3cc(C4NOC(=O)N4)nc(-c4cncc(Cl)c4)c3n2CC2CCC(C)CC2)C(C)C1C. The Kier molecular flexibility index (Phi) is 7.50. The minimum Gasteiger partial charge on any atom is -0.351 e. The van der Waals surface area contributed by atoms with E-state index in [0.29, 0.717) is 35.4 Å². The number of nitrogens with zero attached hydrogens (tertiary/aromatic N) is 6. The molecular weight excluding hydrogens is 544 g/mol. The average Bonchev–Trinajstić information content (AvgIpc) is 3.54. The van der Waals surface area contributed by atoms with E-state index >= 15 is 0 Å². The standard InChI is InChI=1S/C29H37ClN8O3/c1-16-5-7-20(8-6-16)15-38-26-23(33-28(38)37-10-9-36(19(4)39)17(2)18(37)3)12-24(27-34-29(40)41-35-27)32-25(26)21-11-22(30)14-31-13-21/h11-14,16-18,20,27,35H,5-10,15H2,1-4H3,(H,34,40). The molecule has 3 aromatic heterocycles. The van der Waals surface area contributed by atoms with Crippen LogP contribution in [0.3, 0.4) is 0 Å². The van der Waals surface area contributed by atoms with E-state index in [4.69, 9.17) is 26.4 Å². The number of imidazole rings is 1. The van der Waals surface area contributed by atoms with E-state index in [2.05, 4.69) is 46.0 Å². The van der Waals surface area contributed by atoms with E-state index in [1.807, 2.05) is 17.0 Å². The van der Waals surface area contributed by atoms with Crippen molar-refractivity contribution in [2.24, 2.45) is 11.8 Å². The number of hydrogen-bond donors (Lipinski definition) is 2. The van der Waals surface area contributed by atoms with Crippen LogP contribution >= 0.6 is 11.6 Å². The normalized spacial score (nSPS) is 26.8. The molecule has 0 radical (unpaired) electrons. The monoisotopic (exact) mass is 580 g/mol. The number of fused-ring (bicyclic) bond motifs is 1. The molecule has 2 N–H and O–H groups in total. The Morgan fingerprint density at radius 2 is 1.85 bits per heavy atom. The highest BCUT2D eigenvalue weighted by molar-refractivity contribution is 6.30. The number of carbonyl (C=O) groups is 2. The maximum absolute atomic E-state index is 12.3. The number of anilines is 1. The van der Waals surface area contributed by atoms with Gasteiger partial charge in [0.05, 0.1) is 27.4 Å². The van der Waals surface area contributed by atoms with E-state index in [0.717, 1.165) is 35.0 Å². The number of rotatable bonds is 5. The number of pyridine rings is 2. The van der Waals surface area contributed by atoms with Crippen LogP contribution in [0.25, 0.3) is 22.3 Å². The van der Waals surface area contributed by atoms with Crippen LogP contribution in [-0.4, -0.2) is 61.6 Å². The van der Waals surface area contributed by atoms with Crippen molar-refractivity contribution in [3.8, 4) is 11.3 Å². The average molecular weight is 581 g/mol. The maximum Gasteiger partial charge on any atom is 0.427 e. The largest absolute Gasteiger partial charge is 0.427 e. The van der Waals surface area contributed by atoms with E-state index < -0.39 is 12.3 Å². The van der Waals surface area contributed by atoms with Crippen molar-refractivity contribution in [1.29, 1.82) is 0 Å². The summed E-state index contributed by atoms with van der Waals surface area (Å²) in [5.74, 6) is 2.23. The number of hydrogen-bond acceptors (Lipinski definition) is 8. The van der Waals surface area contributed by atoms with Gasteiger partial charge < -0.3 is 19.2 Å². The van der Waals surface area contributed by atoms with Crippen LogP contribution in [0.15, 0.2) is 24.5 Å². The molecule has 0 bridgehead atoms. The molecule has 11 nitrogen and oxygen atoms in total. The molecule has 41 heavy (non-hydrogen) atoms. The molecule has 3 unspecified atom stereocenters. The summed E-state index contributed by atoms with van der Waals surface area (Å²) < 4.78 is 2.33. The summed E-state index contributed by atoms with van der Waals surface area (Å²) in [6.45, 7) is 10.4. The van der Waals surface area contributed by atoms with Crippen LogP contribution in [0.4, 0.5) is 10.7 Å². The molecule has 3 aliphatic rings. The van der Waals surface area contributed by atoms with Crippen molar-refractivity contribution in [1.82, 2.24) is 35.2 Å². The van der Waals surface area contributed by atoms with Gasteiger partial charge in [-0.25, -0.2) is 14.8 Å². The molecule has 6 rings (SSSR count). The number of hydroxylamine groups is 1. The highest BCUT2D eigenvalue weighted by Crippen LogP contribution is 2.38. The van der Waals surface area contributed by atoms with Crippen molar-refractivity contribution < 1.29 is 14.4 Å². The molecule has 12 heteroatoms. The van der Waals surface area contributed by atoms with Crippen molar-refractivity contribution >= 4 is 40.6 Å². The number of carbonyl (C=O) groups excluding carboxylic acids is 2. The first-order valence-corrected chi connectivity index (χ1v) is 14.9. The summed E-state index contributed by atoms with van der Waals surface area (Å²) >= 11 is 6.40. The number of nitrogens with one attached hydrogen (secondary N) is 2. The topological polar surface area (TPSA) is 118 Å². The predicted octanol–water partition coefficient (Wildman–Crippen LogP) is 4.66. The van der Waals surface area contributed by atoms with Gasteiger partial charge in [-0.2, -0.15) is 0 Å². The van der Waals surface area contributed by atoms with Crippen molar-refractivity contribution in [3.63, 3.8) is 0 Å². The van der Waals surface area contributed by atoms with E-state index in [1.54, 1.807) is 19.3 Å². The van der Waals surface area contributed by atoms with E-state index in [9.17, 15) is 9.59 Å². The van der Waals surface area contributed by atoms with Gasteiger partial charge in [0.15, 0.2) is 6.17 Å². The third-order valence-corrected chi connectivity index (χ3v) is 9.24. The molecule has 0 spiro atoms. The lowest BCUT2D eigenvalue weighted by Crippen LogP contribution is -2.59. The summed E-state index contributed by atoms with van der Waals surface area (Å²) in [6, 6.07) is 3.85. The molecule has 2 amide bonds. The van der Waals surface area contributed by atoms with Gasteiger partial charge >= 0.3 is 6.09 Å². The van der Waals surface area contributed by atoms with Gasteiger partial charge in [0.25, 0.3) is 0 Å². The minimum absolute atomic E-state index is 0.0328. The van der Waals surface area contributed by atoms with Gasteiger partial charge in [-0.1, -0.05) is 31.4 Å². The summed E-state index contributed by atoms with van der Waals surface area (Å²) in [5, 5.41) is 3.26. The summed E-state index contributed by atoms with van der Waals surface area (Å²) in [4.78, 5) is 48.0. The van der Waals surface area contributed by atoms with Crippen molar-refractivity contribution in [2.75, 3.05) is 18.0 Å². The maximum atomic E-state index is 12.3. The zero-order valence-corrected chi connectivity index (χ0v) is 24.7. The van der Waals surface area contributed by atoms with Gasteiger partial charge in [0, 0.05) is 56.6 Å². The van der Waals surface area contributed by atoms with Crippen molar-refractivity contribution in [2.45, 2.75) is 78.2 Å². The Bertz CT molecular complexity index is 1470. The predicted molar refractivity (Wildman–Crippen MR) is 156 cm³/mol. The smallest absolute Gasteiger partial charge is 0.351 e. The highest BCUT2D eigenvalue weighted by atomic mass is 35.5.